The molecule has 1 aliphatic rings. The Morgan fingerprint density at radius 2 is 1.86 bits per heavy atom. The Morgan fingerprint density at radius 1 is 1.21 bits per heavy atom. The maximum Gasteiger partial charge on any atom is 0.124 e. The summed E-state index contributed by atoms with van der Waals surface area (Å²) >= 11 is 0. The molecule has 1 saturated heterocycles. The van der Waals surface area contributed by atoms with Crippen LogP contribution in [0, 0.1) is 5.41 Å². The highest BCUT2D eigenvalue weighted by Crippen LogP contribution is 2.50. The van der Waals surface area contributed by atoms with E-state index in [4.69, 9.17) is 0 Å². The zero-order valence-corrected chi connectivity index (χ0v) is 17.4. The number of benzene rings is 1. The Morgan fingerprint density at radius 3 is 2.39 bits per heavy atom. The third kappa shape index (κ3) is 3.52. The molecule has 0 amide bonds. The molecule has 1 aromatic carbocycles. The van der Waals surface area contributed by atoms with Crippen LogP contribution in [-0.2, 0) is 5.60 Å². The summed E-state index contributed by atoms with van der Waals surface area (Å²) in [5.74, 6) is 0.444. The molecule has 2 N–H and O–H groups in total. The second kappa shape index (κ2) is 7.78. The highest BCUT2D eigenvalue weighted by Gasteiger charge is 2.55. The van der Waals surface area contributed by atoms with Gasteiger partial charge in [-0.1, -0.05) is 51.6 Å². The van der Waals surface area contributed by atoms with Gasteiger partial charge in [0.1, 0.15) is 5.60 Å². The summed E-state index contributed by atoms with van der Waals surface area (Å²) in [6, 6.07) is 10.3. The van der Waals surface area contributed by atoms with E-state index >= 15 is 0 Å². The molecular formula is C24H32N2O2. The van der Waals surface area contributed by atoms with E-state index in [1.807, 2.05) is 18.2 Å². The van der Waals surface area contributed by atoms with Crippen LogP contribution in [0.15, 0.2) is 49.3 Å². The Labute approximate surface area is 168 Å². The molecule has 3 rings (SSSR count). The predicted octanol–water partition coefficient (Wildman–Crippen LogP) is 3.79. The van der Waals surface area contributed by atoms with Gasteiger partial charge in [-0.25, -0.2) is 0 Å². The van der Waals surface area contributed by atoms with E-state index in [-0.39, 0.29) is 12.0 Å². The number of rotatable bonds is 7. The largest absolute Gasteiger partial charge is 0.396 e. The van der Waals surface area contributed by atoms with Crippen molar-refractivity contribution in [1.82, 2.24) is 9.88 Å². The number of pyridine rings is 1. The van der Waals surface area contributed by atoms with Gasteiger partial charge in [0, 0.05) is 43.1 Å². The molecule has 0 unspecified atom stereocenters. The van der Waals surface area contributed by atoms with Crippen LogP contribution >= 0.6 is 0 Å². The molecule has 1 atom stereocenters. The molecule has 1 aliphatic heterocycles. The molecule has 0 bridgehead atoms. The fourth-order valence-corrected chi connectivity index (χ4v) is 4.46. The standard InChI is InChI=1S/C24H32N2O2/c1-17(2)19-6-8-21(9-7-19)24(28,23(4)15-26(5)16-23)22-12-20(13-25-14-22)18(3)10-11-27/h6-9,12-14,17,27-28H,3,10-11,15-16H2,1-2,4-5H3/t24-/m0/s1. The predicted molar refractivity (Wildman–Crippen MR) is 114 cm³/mol. The lowest BCUT2D eigenvalue weighted by atomic mass is 9.62. The van der Waals surface area contributed by atoms with E-state index in [1.165, 1.54) is 5.56 Å². The van der Waals surface area contributed by atoms with Gasteiger partial charge in [-0.3, -0.25) is 4.98 Å². The van der Waals surface area contributed by atoms with Crippen LogP contribution in [0.25, 0.3) is 5.57 Å². The number of aliphatic hydroxyl groups is 2. The van der Waals surface area contributed by atoms with Crippen molar-refractivity contribution in [3.8, 4) is 0 Å². The van der Waals surface area contributed by atoms with Crippen molar-refractivity contribution >= 4 is 5.57 Å². The lowest BCUT2D eigenvalue weighted by Crippen LogP contribution is -2.63. The molecule has 0 aliphatic carbocycles. The maximum absolute atomic E-state index is 12.2. The first-order chi connectivity index (χ1) is 13.2. The number of hydrogen-bond donors (Lipinski definition) is 2. The number of likely N-dealkylation sites (tertiary alicyclic amines) is 1. The summed E-state index contributed by atoms with van der Waals surface area (Å²) in [6.45, 7) is 12.2. The van der Waals surface area contributed by atoms with E-state index in [9.17, 15) is 10.2 Å². The van der Waals surface area contributed by atoms with Crippen molar-refractivity contribution in [2.45, 2.75) is 38.7 Å². The molecule has 2 aromatic rings. The molecule has 1 aromatic heterocycles. The van der Waals surface area contributed by atoms with Gasteiger partial charge in [0.25, 0.3) is 0 Å². The molecule has 0 spiro atoms. The minimum absolute atomic E-state index is 0.0481. The number of nitrogens with zero attached hydrogens (tertiary/aromatic N) is 2. The van der Waals surface area contributed by atoms with Gasteiger partial charge in [0.15, 0.2) is 0 Å². The smallest absolute Gasteiger partial charge is 0.124 e. The Balaban J connectivity index is 2.10. The van der Waals surface area contributed by atoms with E-state index in [2.05, 4.69) is 56.4 Å². The van der Waals surface area contributed by atoms with Gasteiger partial charge >= 0.3 is 0 Å². The normalized spacial score (nSPS) is 18.5. The average Bonchev–Trinajstić information content (AvgIpc) is 2.66. The minimum Gasteiger partial charge on any atom is -0.396 e. The van der Waals surface area contributed by atoms with Crippen LogP contribution in [0.5, 0.6) is 0 Å². The lowest BCUT2D eigenvalue weighted by Gasteiger charge is -2.56. The SMILES string of the molecule is C=C(CCO)c1cncc([C@@](O)(c2ccc(C(C)C)cc2)C2(C)CN(C)C2)c1. The highest BCUT2D eigenvalue weighted by molar-refractivity contribution is 5.63. The van der Waals surface area contributed by atoms with Gasteiger partial charge in [0.2, 0.25) is 0 Å². The maximum atomic E-state index is 12.2. The summed E-state index contributed by atoms with van der Waals surface area (Å²) in [7, 11) is 2.07. The van der Waals surface area contributed by atoms with Crippen LogP contribution in [0.3, 0.4) is 0 Å². The van der Waals surface area contributed by atoms with Gasteiger partial charge in [-0.2, -0.15) is 0 Å². The van der Waals surface area contributed by atoms with Crippen LogP contribution in [0.1, 0.15) is 55.4 Å². The summed E-state index contributed by atoms with van der Waals surface area (Å²) in [5, 5.41) is 21.4. The van der Waals surface area contributed by atoms with Gasteiger partial charge in [-0.15, -0.1) is 0 Å². The van der Waals surface area contributed by atoms with Gasteiger partial charge in [-0.05, 0) is 47.7 Å². The molecule has 2 heterocycles. The average molecular weight is 381 g/mol. The fraction of sp³-hybridized carbons (Fsp3) is 0.458. The first-order valence-corrected chi connectivity index (χ1v) is 9.97. The van der Waals surface area contributed by atoms with Crippen molar-refractivity contribution in [3.05, 3.63) is 71.6 Å². The number of aromatic nitrogens is 1. The topological polar surface area (TPSA) is 56.6 Å². The Bertz CT molecular complexity index is 838. The van der Waals surface area contributed by atoms with Crippen LogP contribution in [-0.4, -0.2) is 46.8 Å². The first-order valence-electron chi connectivity index (χ1n) is 9.97. The zero-order chi connectivity index (χ0) is 20.5. The Kier molecular flexibility index (Phi) is 5.76. The van der Waals surface area contributed by atoms with Crippen LogP contribution in [0.2, 0.25) is 0 Å². The van der Waals surface area contributed by atoms with E-state index in [1.54, 1.807) is 12.4 Å². The lowest BCUT2D eigenvalue weighted by molar-refractivity contribution is -0.127. The fourth-order valence-electron chi connectivity index (χ4n) is 4.46. The summed E-state index contributed by atoms with van der Waals surface area (Å²) in [5.41, 5.74) is 3.13. The highest BCUT2D eigenvalue weighted by atomic mass is 16.3. The molecule has 1 fully saturated rings. The molecule has 0 saturated carbocycles. The quantitative estimate of drug-likeness (QED) is 0.767. The van der Waals surface area contributed by atoms with Gasteiger partial charge < -0.3 is 15.1 Å². The minimum atomic E-state index is -1.16. The number of hydrogen-bond acceptors (Lipinski definition) is 4. The second-order valence-corrected chi connectivity index (χ2v) is 8.76. The monoisotopic (exact) mass is 380 g/mol. The van der Waals surface area contributed by atoms with E-state index in [0.29, 0.717) is 12.3 Å². The van der Waals surface area contributed by atoms with Crippen molar-refractivity contribution in [3.63, 3.8) is 0 Å². The van der Waals surface area contributed by atoms with Crippen LogP contribution < -0.4 is 0 Å². The van der Waals surface area contributed by atoms with E-state index < -0.39 is 5.60 Å². The molecule has 0 radical (unpaired) electrons. The molecule has 150 valence electrons. The summed E-state index contributed by atoms with van der Waals surface area (Å²) in [4.78, 5) is 6.62. The second-order valence-electron chi connectivity index (χ2n) is 8.76. The summed E-state index contributed by atoms with van der Waals surface area (Å²) < 4.78 is 0. The van der Waals surface area contributed by atoms with E-state index in [0.717, 1.165) is 35.4 Å². The van der Waals surface area contributed by atoms with Crippen molar-refractivity contribution in [1.29, 1.82) is 0 Å². The summed E-state index contributed by atoms with van der Waals surface area (Å²) in [6.07, 6.45) is 4.00. The van der Waals surface area contributed by atoms with Crippen molar-refractivity contribution < 1.29 is 10.2 Å². The molecule has 4 heteroatoms. The number of aliphatic hydroxyl groups excluding tert-OH is 1. The first kappa shape index (κ1) is 20.7. The third-order valence-electron chi connectivity index (χ3n) is 6.08. The van der Waals surface area contributed by atoms with Crippen LogP contribution in [0.4, 0.5) is 0 Å². The molecule has 4 nitrogen and oxygen atoms in total. The van der Waals surface area contributed by atoms with Gasteiger partial charge in [0.05, 0.1) is 0 Å². The third-order valence-corrected chi connectivity index (χ3v) is 6.08. The molecule has 28 heavy (non-hydrogen) atoms. The zero-order valence-electron chi connectivity index (χ0n) is 17.4. The Hall–Kier alpha value is -2.01. The van der Waals surface area contributed by atoms with Crippen molar-refractivity contribution in [2.75, 3.05) is 26.7 Å². The molecular weight excluding hydrogens is 348 g/mol. The van der Waals surface area contributed by atoms with Crippen molar-refractivity contribution in [2.24, 2.45) is 5.41 Å².